The number of hydrogen-bond donors (Lipinski definition) is 0. The molecular formula is C21H35NO4Si. The lowest BCUT2D eigenvalue weighted by molar-refractivity contribution is 0.0169. The number of amides is 1. The molecule has 0 aliphatic carbocycles. The Morgan fingerprint density at radius 2 is 1.56 bits per heavy atom. The lowest BCUT2D eigenvalue weighted by Crippen LogP contribution is -2.50. The summed E-state index contributed by atoms with van der Waals surface area (Å²) in [5, 5.41) is 0.0117. The third-order valence-electron chi connectivity index (χ3n) is 4.92. The molecular weight excluding hydrogens is 358 g/mol. The lowest BCUT2D eigenvalue weighted by atomic mass is 10.0. The minimum atomic E-state index is -2.07. The van der Waals surface area contributed by atoms with Gasteiger partial charge in [-0.15, -0.1) is 0 Å². The number of benzene rings is 1. The minimum absolute atomic E-state index is 0.0117. The number of ketones is 1. The summed E-state index contributed by atoms with van der Waals surface area (Å²) >= 11 is 0. The molecule has 1 rings (SSSR count). The summed E-state index contributed by atoms with van der Waals surface area (Å²) in [6, 6.07) is 8.25. The summed E-state index contributed by atoms with van der Waals surface area (Å²) in [6.45, 7) is 16.3. The zero-order chi connectivity index (χ0) is 21.0. The van der Waals surface area contributed by atoms with Crippen LogP contribution in [0.15, 0.2) is 30.3 Å². The van der Waals surface area contributed by atoms with Gasteiger partial charge in [-0.05, 0) is 38.9 Å². The number of ether oxygens (including phenoxy) is 1. The zero-order valence-electron chi connectivity index (χ0n) is 18.3. The summed E-state index contributed by atoms with van der Waals surface area (Å²) in [6.07, 6.45) is -0.532. The lowest BCUT2D eigenvalue weighted by Gasteiger charge is -2.38. The quantitative estimate of drug-likeness (QED) is 0.497. The Morgan fingerprint density at radius 3 is 2.00 bits per heavy atom. The molecule has 0 fully saturated rings. The van der Waals surface area contributed by atoms with Crippen LogP contribution in [0, 0.1) is 0 Å². The van der Waals surface area contributed by atoms with E-state index in [0.717, 1.165) is 0 Å². The molecule has 0 aliphatic heterocycles. The molecule has 1 atom stereocenters. The maximum absolute atomic E-state index is 13.1. The Morgan fingerprint density at radius 1 is 1.04 bits per heavy atom. The first kappa shape index (κ1) is 23.4. The predicted octanol–water partition coefficient (Wildman–Crippen LogP) is 5.13. The fourth-order valence-electron chi connectivity index (χ4n) is 2.12. The normalized spacial score (nSPS) is 13.8. The van der Waals surface area contributed by atoms with Crippen molar-refractivity contribution in [2.24, 2.45) is 0 Å². The van der Waals surface area contributed by atoms with Gasteiger partial charge >= 0.3 is 6.09 Å². The van der Waals surface area contributed by atoms with Gasteiger partial charge in [0.25, 0.3) is 0 Å². The topological polar surface area (TPSA) is 55.8 Å². The largest absolute Gasteiger partial charge is 0.444 e. The van der Waals surface area contributed by atoms with Gasteiger partial charge in [0, 0.05) is 12.6 Å². The highest BCUT2D eigenvalue weighted by atomic mass is 28.4. The molecule has 0 saturated heterocycles. The molecule has 152 valence electrons. The van der Waals surface area contributed by atoms with Crippen LogP contribution in [-0.2, 0) is 9.16 Å². The fourth-order valence-corrected chi connectivity index (χ4v) is 3.13. The van der Waals surface area contributed by atoms with Gasteiger partial charge in [-0.3, -0.25) is 9.69 Å². The van der Waals surface area contributed by atoms with Gasteiger partial charge in [0.1, 0.15) is 11.6 Å². The van der Waals surface area contributed by atoms with Crippen LogP contribution in [0.5, 0.6) is 0 Å². The van der Waals surface area contributed by atoms with E-state index in [1.807, 2.05) is 18.2 Å². The second-order valence-electron chi connectivity index (χ2n) is 9.41. The molecule has 1 amide bonds. The smallest absolute Gasteiger partial charge is 0.410 e. The number of likely N-dealkylation sites (N-methyl/N-ethyl adjacent to an activating group) is 1. The highest BCUT2D eigenvalue weighted by Crippen LogP contribution is 2.36. The minimum Gasteiger partial charge on any atom is -0.444 e. The second kappa shape index (κ2) is 8.57. The van der Waals surface area contributed by atoms with Crippen LogP contribution in [0.3, 0.4) is 0 Å². The first-order valence-corrected chi connectivity index (χ1v) is 12.3. The van der Waals surface area contributed by atoms with E-state index < -0.39 is 26.1 Å². The number of rotatable bonds is 6. The SMILES string of the molecule is CN(C(=O)OC(C)(C)C)C(CO[Si](C)(C)C(C)(C)C)C(=O)c1ccccc1. The average molecular weight is 394 g/mol. The van der Waals surface area contributed by atoms with E-state index in [0.29, 0.717) is 5.56 Å². The molecule has 0 aromatic heterocycles. The van der Waals surface area contributed by atoms with Crippen molar-refractivity contribution >= 4 is 20.2 Å². The third kappa shape index (κ3) is 6.77. The molecule has 0 N–H and O–H groups in total. The summed E-state index contributed by atoms with van der Waals surface area (Å²) in [4.78, 5) is 27.0. The highest BCUT2D eigenvalue weighted by molar-refractivity contribution is 6.74. The van der Waals surface area contributed by atoms with Gasteiger partial charge in [-0.1, -0.05) is 51.1 Å². The van der Waals surface area contributed by atoms with Crippen molar-refractivity contribution in [3.05, 3.63) is 35.9 Å². The third-order valence-corrected chi connectivity index (χ3v) is 9.42. The summed E-state index contributed by atoms with van der Waals surface area (Å²) < 4.78 is 11.7. The van der Waals surface area contributed by atoms with Crippen molar-refractivity contribution in [2.75, 3.05) is 13.7 Å². The molecule has 1 unspecified atom stereocenters. The molecule has 1 aromatic rings. The van der Waals surface area contributed by atoms with Crippen LogP contribution in [0.4, 0.5) is 4.79 Å². The van der Waals surface area contributed by atoms with E-state index in [9.17, 15) is 9.59 Å². The van der Waals surface area contributed by atoms with Crippen LogP contribution < -0.4 is 0 Å². The van der Waals surface area contributed by atoms with Gasteiger partial charge in [0.15, 0.2) is 14.1 Å². The molecule has 0 aliphatic rings. The van der Waals surface area contributed by atoms with E-state index in [-0.39, 0.29) is 17.4 Å². The molecule has 5 nitrogen and oxygen atoms in total. The molecule has 0 bridgehead atoms. The van der Waals surface area contributed by atoms with Crippen molar-refractivity contribution in [3.63, 3.8) is 0 Å². The standard InChI is InChI=1S/C21H35NO4Si/c1-20(2,3)26-19(24)22(7)17(15-25-27(8,9)21(4,5)6)18(23)16-13-11-10-12-14-16/h10-14,17H,15H2,1-9H3. The first-order valence-electron chi connectivity index (χ1n) is 9.35. The monoisotopic (exact) mass is 393 g/mol. The van der Waals surface area contributed by atoms with E-state index in [1.54, 1.807) is 40.0 Å². The van der Waals surface area contributed by atoms with Crippen molar-refractivity contribution in [1.29, 1.82) is 0 Å². The van der Waals surface area contributed by atoms with Crippen molar-refractivity contribution in [2.45, 2.75) is 71.3 Å². The van der Waals surface area contributed by atoms with Gasteiger partial charge < -0.3 is 9.16 Å². The zero-order valence-corrected chi connectivity index (χ0v) is 19.3. The molecule has 0 heterocycles. The Labute approximate surface area is 165 Å². The molecule has 0 spiro atoms. The first-order chi connectivity index (χ1) is 12.2. The molecule has 6 heteroatoms. The molecule has 0 saturated carbocycles. The van der Waals surface area contributed by atoms with Crippen molar-refractivity contribution < 1.29 is 18.8 Å². The molecule has 0 radical (unpaired) electrons. The Kier molecular flexibility index (Phi) is 7.42. The summed E-state index contributed by atoms with van der Waals surface area (Å²) in [5.41, 5.74) is -0.0804. The van der Waals surface area contributed by atoms with Gasteiger partial charge in [0.05, 0.1) is 6.61 Å². The predicted molar refractivity (Wildman–Crippen MR) is 112 cm³/mol. The average Bonchev–Trinajstić information content (AvgIpc) is 2.52. The molecule has 1 aromatic carbocycles. The van der Waals surface area contributed by atoms with Crippen molar-refractivity contribution in [3.8, 4) is 0 Å². The van der Waals surface area contributed by atoms with E-state index in [4.69, 9.17) is 9.16 Å². The Hall–Kier alpha value is -1.66. The van der Waals surface area contributed by atoms with E-state index in [1.165, 1.54) is 4.90 Å². The Bertz CT molecular complexity index is 644. The summed E-state index contributed by atoms with van der Waals surface area (Å²) in [5.74, 6) is -0.150. The number of Topliss-reactive ketones (excluding diaryl/α,β-unsaturated/α-hetero) is 1. The molecule has 27 heavy (non-hydrogen) atoms. The van der Waals surface area contributed by atoms with Crippen LogP contribution in [0.2, 0.25) is 18.1 Å². The van der Waals surface area contributed by atoms with Gasteiger partial charge in [-0.25, -0.2) is 4.79 Å². The van der Waals surface area contributed by atoms with Crippen LogP contribution >= 0.6 is 0 Å². The van der Waals surface area contributed by atoms with Crippen LogP contribution in [0.1, 0.15) is 51.9 Å². The maximum Gasteiger partial charge on any atom is 0.410 e. The number of carbonyl (C=O) groups excluding carboxylic acids is 2. The van der Waals surface area contributed by atoms with E-state index in [2.05, 4.69) is 33.9 Å². The Balaban J connectivity index is 3.09. The van der Waals surface area contributed by atoms with E-state index >= 15 is 0 Å². The maximum atomic E-state index is 13.1. The fraction of sp³-hybridized carbons (Fsp3) is 0.619. The van der Waals surface area contributed by atoms with Gasteiger partial charge in [0.2, 0.25) is 0 Å². The summed E-state index contributed by atoms with van der Waals surface area (Å²) in [7, 11) is -0.481. The number of carbonyl (C=O) groups is 2. The highest BCUT2D eigenvalue weighted by Gasteiger charge is 2.39. The van der Waals surface area contributed by atoms with Crippen LogP contribution in [0.25, 0.3) is 0 Å². The van der Waals surface area contributed by atoms with Gasteiger partial charge in [-0.2, -0.15) is 0 Å². The van der Waals surface area contributed by atoms with Crippen molar-refractivity contribution in [1.82, 2.24) is 4.90 Å². The number of hydrogen-bond acceptors (Lipinski definition) is 4. The van der Waals surface area contributed by atoms with Crippen LogP contribution in [-0.4, -0.2) is 50.4 Å². The number of nitrogens with zero attached hydrogens (tertiary/aromatic N) is 1. The second-order valence-corrected chi connectivity index (χ2v) is 14.2.